The second kappa shape index (κ2) is 6.93. The lowest BCUT2D eigenvalue weighted by Crippen LogP contribution is -2.02. The predicted octanol–water partition coefficient (Wildman–Crippen LogP) is 6.70. The maximum atomic E-state index is 4.66. The Balaban J connectivity index is 1.83. The van der Waals surface area contributed by atoms with Gasteiger partial charge in [0.05, 0.1) is 11.0 Å². The van der Waals surface area contributed by atoms with Crippen LogP contribution < -0.4 is 0 Å². The fourth-order valence-corrected chi connectivity index (χ4v) is 4.35. The van der Waals surface area contributed by atoms with E-state index in [1.807, 2.05) is 12.4 Å². The lowest BCUT2D eigenvalue weighted by molar-refractivity contribution is 0.733. The Morgan fingerprint density at radius 1 is 0.897 bits per heavy atom. The molecule has 0 N–H and O–H groups in total. The fraction of sp³-hybridized carbons (Fsp3) is 0.192. The lowest BCUT2D eigenvalue weighted by atomic mass is 9.92. The summed E-state index contributed by atoms with van der Waals surface area (Å²) in [5.41, 5.74) is 6.21. The van der Waals surface area contributed by atoms with E-state index in [0.717, 1.165) is 12.2 Å². The molecular weight excluding hydrogens is 354 g/mol. The summed E-state index contributed by atoms with van der Waals surface area (Å²) in [6.07, 6.45) is 5.00. The zero-order valence-corrected chi connectivity index (χ0v) is 17.1. The van der Waals surface area contributed by atoms with Crippen LogP contribution in [0.4, 0.5) is 0 Å². The molecule has 5 aromatic rings. The van der Waals surface area contributed by atoms with Crippen LogP contribution in [0.15, 0.2) is 79.1 Å². The molecule has 144 valence electrons. The average molecular weight is 380 g/mol. The number of imidazole rings is 1. The van der Waals surface area contributed by atoms with Crippen LogP contribution in [0.25, 0.3) is 38.9 Å². The van der Waals surface area contributed by atoms with Gasteiger partial charge in [-0.2, -0.15) is 0 Å². The minimum Gasteiger partial charge on any atom is -0.334 e. The van der Waals surface area contributed by atoms with Crippen LogP contribution in [0, 0.1) is 0 Å². The number of nitrogens with zero attached hydrogens (tertiary/aromatic N) is 3. The smallest absolute Gasteiger partial charge is 0.139 e. The first-order valence-electron chi connectivity index (χ1n) is 10.3. The van der Waals surface area contributed by atoms with Gasteiger partial charge >= 0.3 is 0 Å². The Hall–Kier alpha value is -3.33. The summed E-state index contributed by atoms with van der Waals surface area (Å²) < 4.78 is 4.48. The van der Waals surface area contributed by atoms with Gasteiger partial charge in [-0.1, -0.05) is 56.3 Å². The van der Waals surface area contributed by atoms with Crippen LogP contribution in [0.3, 0.4) is 0 Å². The highest BCUT2D eigenvalue weighted by molar-refractivity contribution is 6.09. The first-order valence-corrected chi connectivity index (χ1v) is 10.3. The van der Waals surface area contributed by atoms with Gasteiger partial charge in [0.25, 0.3) is 0 Å². The maximum absolute atomic E-state index is 4.66. The topological polar surface area (TPSA) is 22.8 Å². The summed E-state index contributed by atoms with van der Waals surface area (Å²) in [7, 11) is 2.07. The normalized spacial score (nSPS) is 12.7. The van der Waals surface area contributed by atoms with Gasteiger partial charge in [0, 0.05) is 41.5 Å². The molecule has 0 saturated heterocycles. The second-order valence-electron chi connectivity index (χ2n) is 7.81. The van der Waals surface area contributed by atoms with Crippen LogP contribution >= 0.6 is 0 Å². The van der Waals surface area contributed by atoms with Crippen molar-refractivity contribution in [3.63, 3.8) is 0 Å². The highest BCUT2D eigenvalue weighted by Gasteiger charge is 2.17. The van der Waals surface area contributed by atoms with Crippen molar-refractivity contribution in [2.24, 2.45) is 7.05 Å². The molecule has 2 heterocycles. The van der Waals surface area contributed by atoms with Gasteiger partial charge in [-0.15, -0.1) is 0 Å². The average Bonchev–Trinajstić information content (AvgIpc) is 3.34. The summed E-state index contributed by atoms with van der Waals surface area (Å²) in [4.78, 5) is 4.66. The number of rotatable bonds is 4. The number of para-hydroxylation sites is 2. The van der Waals surface area contributed by atoms with Crippen LogP contribution in [0.5, 0.6) is 0 Å². The first-order chi connectivity index (χ1) is 14.2. The van der Waals surface area contributed by atoms with Crippen molar-refractivity contribution in [2.75, 3.05) is 0 Å². The summed E-state index contributed by atoms with van der Waals surface area (Å²) >= 11 is 0. The van der Waals surface area contributed by atoms with Crippen molar-refractivity contribution in [1.29, 1.82) is 0 Å². The Bertz CT molecular complexity index is 1270. The minimum atomic E-state index is 0.480. The molecule has 3 heteroatoms. The van der Waals surface area contributed by atoms with Gasteiger partial charge in [0.1, 0.15) is 5.82 Å². The maximum Gasteiger partial charge on any atom is 0.139 e. The molecule has 29 heavy (non-hydrogen) atoms. The van der Waals surface area contributed by atoms with Gasteiger partial charge in [-0.25, -0.2) is 4.98 Å². The van der Waals surface area contributed by atoms with Gasteiger partial charge in [-0.05, 0) is 42.2 Å². The number of benzene rings is 3. The number of aromatic nitrogens is 3. The Labute approximate surface area is 171 Å². The van der Waals surface area contributed by atoms with E-state index in [-0.39, 0.29) is 0 Å². The van der Waals surface area contributed by atoms with E-state index in [0.29, 0.717) is 5.92 Å². The molecule has 3 aromatic carbocycles. The minimum absolute atomic E-state index is 0.480. The zero-order valence-electron chi connectivity index (χ0n) is 17.1. The van der Waals surface area contributed by atoms with E-state index in [9.17, 15) is 0 Å². The molecule has 5 rings (SSSR count). The largest absolute Gasteiger partial charge is 0.334 e. The van der Waals surface area contributed by atoms with Crippen molar-refractivity contribution < 1.29 is 0 Å². The SMILES string of the molecule is CCC(C)c1ccc(-n2c3ccccc3c3ccccc32)cc1-c1nccn1C. The van der Waals surface area contributed by atoms with Gasteiger partial charge in [-0.3, -0.25) is 0 Å². The van der Waals surface area contributed by atoms with Crippen molar-refractivity contribution in [2.45, 2.75) is 26.2 Å². The van der Waals surface area contributed by atoms with Crippen LogP contribution in [-0.2, 0) is 7.05 Å². The molecule has 0 aliphatic carbocycles. The number of hydrogen-bond donors (Lipinski definition) is 0. The van der Waals surface area contributed by atoms with Crippen molar-refractivity contribution in [1.82, 2.24) is 14.1 Å². The third-order valence-corrected chi connectivity index (χ3v) is 6.08. The molecule has 0 fully saturated rings. The fourth-order valence-electron chi connectivity index (χ4n) is 4.35. The Morgan fingerprint density at radius 2 is 1.55 bits per heavy atom. The molecule has 0 bridgehead atoms. The summed E-state index contributed by atoms with van der Waals surface area (Å²) in [6.45, 7) is 4.54. The Morgan fingerprint density at radius 3 is 2.14 bits per heavy atom. The molecule has 0 spiro atoms. The zero-order chi connectivity index (χ0) is 20.0. The van der Waals surface area contributed by atoms with Gasteiger partial charge in [0.15, 0.2) is 0 Å². The van der Waals surface area contributed by atoms with Gasteiger partial charge in [0.2, 0.25) is 0 Å². The van der Waals surface area contributed by atoms with Crippen LogP contribution in [0.1, 0.15) is 31.7 Å². The van der Waals surface area contributed by atoms with Gasteiger partial charge < -0.3 is 9.13 Å². The number of aryl methyl sites for hydroxylation is 1. The summed E-state index contributed by atoms with van der Waals surface area (Å²) in [6, 6.07) is 24.1. The number of hydrogen-bond acceptors (Lipinski definition) is 1. The van der Waals surface area contributed by atoms with Crippen molar-refractivity contribution >= 4 is 21.8 Å². The highest BCUT2D eigenvalue weighted by atomic mass is 15.0. The monoisotopic (exact) mass is 379 g/mol. The molecule has 1 atom stereocenters. The highest BCUT2D eigenvalue weighted by Crippen LogP contribution is 2.36. The van der Waals surface area contributed by atoms with E-state index in [4.69, 9.17) is 0 Å². The van der Waals surface area contributed by atoms with E-state index in [1.54, 1.807) is 0 Å². The molecule has 0 saturated carbocycles. The third-order valence-electron chi connectivity index (χ3n) is 6.08. The van der Waals surface area contributed by atoms with E-state index >= 15 is 0 Å². The molecule has 1 unspecified atom stereocenters. The van der Waals surface area contributed by atoms with E-state index in [2.05, 4.69) is 102 Å². The predicted molar refractivity (Wildman–Crippen MR) is 122 cm³/mol. The molecular formula is C26H25N3. The quantitative estimate of drug-likeness (QED) is 0.341. The van der Waals surface area contributed by atoms with Crippen LogP contribution in [0.2, 0.25) is 0 Å². The molecule has 0 amide bonds. The molecule has 0 aliphatic heterocycles. The molecule has 0 radical (unpaired) electrons. The van der Waals surface area contributed by atoms with Crippen molar-refractivity contribution in [3.8, 4) is 17.1 Å². The molecule has 2 aromatic heterocycles. The molecule has 0 aliphatic rings. The number of fused-ring (bicyclic) bond motifs is 3. The second-order valence-corrected chi connectivity index (χ2v) is 7.81. The van der Waals surface area contributed by atoms with E-state index in [1.165, 1.54) is 38.6 Å². The Kier molecular flexibility index (Phi) is 4.24. The van der Waals surface area contributed by atoms with Crippen molar-refractivity contribution in [3.05, 3.63) is 84.7 Å². The third kappa shape index (κ3) is 2.77. The van der Waals surface area contributed by atoms with E-state index < -0.39 is 0 Å². The first kappa shape index (κ1) is 17.7. The molecule has 3 nitrogen and oxygen atoms in total. The van der Waals surface area contributed by atoms with Crippen LogP contribution in [-0.4, -0.2) is 14.1 Å². The summed E-state index contributed by atoms with van der Waals surface area (Å²) in [5, 5.41) is 2.57. The lowest BCUT2D eigenvalue weighted by Gasteiger charge is -2.18. The summed E-state index contributed by atoms with van der Waals surface area (Å²) in [5.74, 6) is 1.50. The standard InChI is InChI=1S/C26H25N3/c1-4-18(2)20-14-13-19(17-23(20)26-27-15-16-28(26)3)29-24-11-7-5-9-21(24)22-10-6-8-12-25(22)29/h5-18H,4H2,1-3H3.